The summed E-state index contributed by atoms with van der Waals surface area (Å²) in [4.78, 5) is 15.4. The zero-order valence-corrected chi connectivity index (χ0v) is 9.82. The summed E-state index contributed by atoms with van der Waals surface area (Å²) >= 11 is 3.20. The molecule has 1 amide bonds. The fourth-order valence-electron chi connectivity index (χ4n) is 0.940. The van der Waals surface area contributed by atoms with E-state index in [1.165, 1.54) is 7.11 Å². The van der Waals surface area contributed by atoms with Crippen molar-refractivity contribution in [3.05, 3.63) is 22.9 Å². The van der Waals surface area contributed by atoms with Crippen molar-refractivity contribution in [2.45, 2.75) is 6.04 Å². The second-order valence-electron chi connectivity index (χ2n) is 2.92. The number of anilines is 1. The molecule has 0 aromatic carbocycles. The predicted molar refractivity (Wildman–Crippen MR) is 60.4 cm³/mol. The van der Waals surface area contributed by atoms with Gasteiger partial charge in [-0.05, 0) is 28.1 Å². The molecule has 0 bridgehead atoms. The van der Waals surface area contributed by atoms with Crippen LogP contribution in [0.1, 0.15) is 0 Å². The highest BCUT2D eigenvalue weighted by atomic mass is 79.9. The highest BCUT2D eigenvalue weighted by molar-refractivity contribution is 9.10. The molecule has 82 valence electrons. The average Bonchev–Trinajstić information content (AvgIpc) is 2.22. The minimum atomic E-state index is -0.668. The van der Waals surface area contributed by atoms with Crippen LogP contribution in [0.25, 0.3) is 0 Å². The van der Waals surface area contributed by atoms with Crippen molar-refractivity contribution in [3.8, 4) is 0 Å². The number of nitrogens with zero attached hydrogens (tertiary/aromatic N) is 1. The van der Waals surface area contributed by atoms with Crippen LogP contribution in [-0.4, -0.2) is 30.6 Å². The quantitative estimate of drug-likeness (QED) is 0.794. The number of rotatable bonds is 4. The van der Waals surface area contributed by atoms with Gasteiger partial charge in [-0.3, -0.25) is 4.79 Å². The van der Waals surface area contributed by atoms with Gasteiger partial charge >= 0.3 is 0 Å². The molecular formula is C9H12BrN3O2. The highest BCUT2D eigenvalue weighted by Crippen LogP contribution is 2.10. The number of halogens is 1. The molecule has 1 atom stereocenters. The van der Waals surface area contributed by atoms with E-state index in [1.54, 1.807) is 18.3 Å². The lowest BCUT2D eigenvalue weighted by molar-refractivity contribution is -0.118. The lowest BCUT2D eigenvalue weighted by atomic mass is 10.3. The molecule has 6 heteroatoms. The van der Waals surface area contributed by atoms with Crippen LogP contribution in [0.15, 0.2) is 22.9 Å². The fraction of sp³-hybridized carbons (Fsp3) is 0.333. The van der Waals surface area contributed by atoms with Crippen molar-refractivity contribution in [1.29, 1.82) is 0 Å². The van der Waals surface area contributed by atoms with Crippen molar-refractivity contribution in [3.63, 3.8) is 0 Å². The summed E-state index contributed by atoms with van der Waals surface area (Å²) in [5, 5.41) is 2.63. The Labute approximate surface area is 96.1 Å². The number of nitrogens with two attached hydrogens (primary N) is 1. The van der Waals surface area contributed by atoms with Gasteiger partial charge in [-0.1, -0.05) is 0 Å². The minimum absolute atomic E-state index is 0.190. The number of methoxy groups -OCH3 is 1. The summed E-state index contributed by atoms with van der Waals surface area (Å²) in [6, 6.07) is 2.80. The molecule has 0 saturated carbocycles. The molecule has 1 heterocycles. The van der Waals surface area contributed by atoms with Gasteiger partial charge in [0, 0.05) is 7.11 Å². The predicted octanol–water partition coefficient (Wildman–Crippen LogP) is 0.756. The molecule has 0 aliphatic heterocycles. The van der Waals surface area contributed by atoms with Crippen LogP contribution in [0, 0.1) is 0 Å². The van der Waals surface area contributed by atoms with Crippen molar-refractivity contribution >= 4 is 27.5 Å². The number of hydrogen-bond acceptors (Lipinski definition) is 4. The monoisotopic (exact) mass is 273 g/mol. The number of carbonyl (C=O) groups excluding carboxylic acids is 1. The van der Waals surface area contributed by atoms with Crippen LogP contribution in [0.5, 0.6) is 0 Å². The van der Waals surface area contributed by atoms with Gasteiger partial charge in [0.15, 0.2) is 0 Å². The van der Waals surface area contributed by atoms with Crippen LogP contribution in [0.2, 0.25) is 0 Å². The first-order valence-corrected chi connectivity index (χ1v) is 5.09. The van der Waals surface area contributed by atoms with Crippen molar-refractivity contribution < 1.29 is 9.53 Å². The lowest BCUT2D eigenvalue weighted by Gasteiger charge is -2.10. The van der Waals surface area contributed by atoms with Crippen LogP contribution in [0.3, 0.4) is 0 Å². The first-order valence-electron chi connectivity index (χ1n) is 4.30. The number of aromatic nitrogens is 1. The van der Waals surface area contributed by atoms with E-state index in [2.05, 4.69) is 26.2 Å². The average molecular weight is 274 g/mol. The maximum absolute atomic E-state index is 11.4. The zero-order valence-electron chi connectivity index (χ0n) is 8.24. The van der Waals surface area contributed by atoms with E-state index >= 15 is 0 Å². The molecule has 0 saturated heterocycles. The van der Waals surface area contributed by atoms with E-state index < -0.39 is 6.04 Å². The largest absolute Gasteiger partial charge is 0.383 e. The summed E-state index contributed by atoms with van der Waals surface area (Å²) < 4.78 is 5.48. The van der Waals surface area contributed by atoms with Gasteiger partial charge in [-0.15, -0.1) is 0 Å². The van der Waals surface area contributed by atoms with Crippen LogP contribution < -0.4 is 11.1 Å². The zero-order chi connectivity index (χ0) is 11.3. The molecule has 5 nitrogen and oxygen atoms in total. The Morgan fingerprint density at radius 2 is 2.47 bits per heavy atom. The number of pyridine rings is 1. The van der Waals surface area contributed by atoms with E-state index in [4.69, 9.17) is 10.5 Å². The summed E-state index contributed by atoms with van der Waals surface area (Å²) in [6.45, 7) is 0.190. The van der Waals surface area contributed by atoms with Gasteiger partial charge in [-0.2, -0.15) is 0 Å². The Hall–Kier alpha value is -0.980. The van der Waals surface area contributed by atoms with Gasteiger partial charge in [-0.25, -0.2) is 4.98 Å². The van der Waals surface area contributed by atoms with E-state index in [-0.39, 0.29) is 12.5 Å². The second kappa shape index (κ2) is 5.79. The molecule has 0 fully saturated rings. The normalized spacial score (nSPS) is 12.2. The van der Waals surface area contributed by atoms with Crippen LogP contribution >= 0.6 is 15.9 Å². The standard InChI is InChI=1S/C9H12BrN3O2/c1-15-5-7(11)9(14)13-6-2-3-8(10)12-4-6/h2-4,7H,5,11H2,1H3,(H,13,14). The summed E-state index contributed by atoms with van der Waals surface area (Å²) in [6.07, 6.45) is 1.54. The minimum Gasteiger partial charge on any atom is -0.383 e. The Bertz CT molecular complexity index is 329. The fourth-order valence-corrected chi connectivity index (χ4v) is 1.17. The molecule has 15 heavy (non-hydrogen) atoms. The first kappa shape index (κ1) is 12.1. The lowest BCUT2D eigenvalue weighted by Crippen LogP contribution is -2.39. The molecule has 0 radical (unpaired) electrons. The Morgan fingerprint density at radius 1 is 1.73 bits per heavy atom. The third-order valence-corrected chi connectivity index (χ3v) is 2.15. The summed E-state index contributed by atoms with van der Waals surface area (Å²) in [5.74, 6) is -0.291. The van der Waals surface area contributed by atoms with Crippen molar-refractivity contribution in [2.24, 2.45) is 5.73 Å². The maximum atomic E-state index is 11.4. The number of hydrogen-bond donors (Lipinski definition) is 2. The number of nitrogens with one attached hydrogen (secondary N) is 1. The number of ether oxygens (including phenoxy) is 1. The van der Waals surface area contributed by atoms with E-state index in [0.29, 0.717) is 10.3 Å². The molecule has 1 unspecified atom stereocenters. The van der Waals surface area contributed by atoms with E-state index in [0.717, 1.165) is 0 Å². The van der Waals surface area contributed by atoms with E-state index in [9.17, 15) is 4.79 Å². The molecule has 1 rings (SSSR count). The van der Waals surface area contributed by atoms with Gasteiger partial charge in [0.05, 0.1) is 18.5 Å². The topological polar surface area (TPSA) is 77.2 Å². The Kier molecular flexibility index (Phi) is 4.67. The van der Waals surface area contributed by atoms with Gasteiger partial charge in [0.2, 0.25) is 5.91 Å². The van der Waals surface area contributed by atoms with Crippen molar-refractivity contribution in [2.75, 3.05) is 19.0 Å². The Morgan fingerprint density at radius 3 is 3.00 bits per heavy atom. The first-order chi connectivity index (χ1) is 7.13. The maximum Gasteiger partial charge on any atom is 0.243 e. The third-order valence-electron chi connectivity index (χ3n) is 1.68. The van der Waals surface area contributed by atoms with Gasteiger partial charge in [0.25, 0.3) is 0 Å². The van der Waals surface area contributed by atoms with Crippen LogP contribution in [-0.2, 0) is 9.53 Å². The second-order valence-corrected chi connectivity index (χ2v) is 3.73. The Balaban J connectivity index is 2.54. The van der Waals surface area contributed by atoms with Gasteiger partial charge < -0.3 is 15.8 Å². The third kappa shape index (κ3) is 3.94. The molecule has 0 aliphatic rings. The molecule has 0 aliphatic carbocycles. The number of carbonyl (C=O) groups is 1. The summed E-state index contributed by atoms with van der Waals surface area (Å²) in [7, 11) is 1.49. The van der Waals surface area contributed by atoms with Crippen molar-refractivity contribution in [1.82, 2.24) is 4.98 Å². The summed E-state index contributed by atoms with van der Waals surface area (Å²) in [5.41, 5.74) is 6.15. The van der Waals surface area contributed by atoms with E-state index in [1.807, 2.05) is 0 Å². The molecule has 3 N–H and O–H groups in total. The highest BCUT2D eigenvalue weighted by Gasteiger charge is 2.12. The van der Waals surface area contributed by atoms with Gasteiger partial charge in [0.1, 0.15) is 10.6 Å². The molecular weight excluding hydrogens is 262 g/mol. The number of amides is 1. The molecule has 1 aromatic heterocycles. The smallest absolute Gasteiger partial charge is 0.243 e. The van der Waals surface area contributed by atoms with Crippen LogP contribution in [0.4, 0.5) is 5.69 Å². The SMILES string of the molecule is COCC(N)C(=O)Nc1ccc(Br)nc1. The molecule has 0 spiro atoms. The molecule has 1 aromatic rings.